The summed E-state index contributed by atoms with van der Waals surface area (Å²) >= 11 is 0. The van der Waals surface area contributed by atoms with Crippen molar-refractivity contribution >= 4 is 11.9 Å². The smallest absolute Gasteiger partial charge is 0.319 e. The van der Waals surface area contributed by atoms with Gasteiger partial charge in [-0.05, 0) is 29.9 Å². The van der Waals surface area contributed by atoms with Gasteiger partial charge in [0.2, 0.25) is 0 Å². The van der Waals surface area contributed by atoms with Gasteiger partial charge in [0.1, 0.15) is 5.54 Å². The number of amides is 3. The summed E-state index contributed by atoms with van der Waals surface area (Å²) in [5.41, 5.74) is 1.34. The third-order valence-electron chi connectivity index (χ3n) is 6.61. The number of urea groups is 1. The first-order chi connectivity index (χ1) is 14.7. The lowest BCUT2D eigenvalue weighted by Gasteiger charge is -2.36. The summed E-state index contributed by atoms with van der Waals surface area (Å²) in [7, 11) is 0. The van der Waals surface area contributed by atoms with Gasteiger partial charge in [0.15, 0.2) is 0 Å². The van der Waals surface area contributed by atoms with Gasteiger partial charge in [-0.3, -0.25) is 14.6 Å². The molecular formula is C24H28N4O2. The van der Waals surface area contributed by atoms with Crippen LogP contribution < -0.4 is 5.32 Å². The van der Waals surface area contributed by atoms with E-state index in [2.05, 4.69) is 39.4 Å². The summed E-state index contributed by atoms with van der Waals surface area (Å²) in [6, 6.07) is 20.0. The van der Waals surface area contributed by atoms with Crippen molar-refractivity contribution < 1.29 is 9.59 Å². The van der Waals surface area contributed by atoms with Crippen molar-refractivity contribution in [1.82, 2.24) is 20.0 Å². The van der Waals surface area contributed by atoms with Gasteiger partial charge < -0.3 is 5.32 Å². The van der Waals surface area contributed by atoms with E-state index < -0.39 is 5.54 Å². The van der Waals surface area contributed by atoms with Crippen molar-refractivity contribution in [3.05, 3.63) is 71.8 Å². The van der Waals surface area contributed by atoms with Gasteiger partial charge in [0, 0.05) is 32.7 Å². The van der Waals surface area contributed by atoms with E-state index in [1.807, 2.05) is 36.4 Å². The first-order valence-electron chi connectivity index (χ1n) is 10.8. The van der Waals surface area contributed by atoms with Gasteiger partial charge in [0.05, 0.1) is 6.67 Å². The van der Waals surface area contributed by atoms with Crippen LogP contribution in [0.3, 0.4) is 0 Å². The van der Waals surface area contributed by atoms with Crippen molar-refractivity contribution in [1.29, 1.82) is 0 Å². The molecule has 3 amide bonds. The molecule has 2 aliphatic heterocycles. The molecular weight excluding hydrogens is 376 g/mol. The van der Waals surface area contributed by atoms with Crippen LogP contribution in [0.2, 0.25) is 0 Å². The Labute approximate surface area is 177 Å². The molecule has 1 saturated carbocycles. The van der Waals surface area contributed by atoms with Gasteiger partial charge in [-0.15, -0.1) is 0 Å². The summed E-state index contributed by atoms with van der Waals surface area (Å²) < 4.78 is 0. The molecule has 1 atom stereocenters. The predicted octanol–water partition coefficient (Wildman–Crippen LogP) is 2.62. The first-order valence-corrected chi connectivity index (χ1v) is 10.8. The van der Waals surface area contributed by atoms with E-state index in [1.165, 1.54) is 10.5 Å². The van der Waals surface area contributed by atoms with Gasteiger partial charge in [-0.1, -0.05) is 60.7 Å². The van der Waals surface area contributed by atoms with E-state index in [-0.39, 0.29) is 17.9 Å². The quantitative estimate of drug-likeness (QED) is 0.752. The lowest BCUT2D eigenvalue weighted by atomic mass is 9.85. The maximum atomic E-state index is 13.5. The summed E-state index contributed by atoms with van der Waals surface area (Å²) in [6.45, 7) is 4.88. The Kier molecular flexibility index (Phi) is 5.05. The number of carbonyl (C=O) groups excluding carboxylic acids is 2. The molecule has 30 heavy (non-hydrogen) atoms. The third kappa shape index (κ3) is 3.50. The lowest BCUT2D eigenvalue weighted by Crippen LogP contribution is -2.51. The zero-order chi connectivity index (χ0) is 20.6. The molecule has 5 rings (SSSR count). The summed E-state index contributed by atoms with van der Waals surface area (Å²) in [5, 5.41) is 3.08. The van der Waals surface area contributed by atoms with Crippen LogP contribution in [0.5, 0.6) is 0 Å². The Morgan fingerprint density at radius 2 is 1.43 bits per heavy atom. The summed E-state index contributed by atoms with van der Waals surface area (Å²) in [6.07, 6.45) is 1.96. The van der Waals surface area contributed by atoms with Crippen LogP contribution in [0.1, 0.15) is 24.0 Å². The number of nitrogens with one attached hydrogen (secondary N) is 1. The van der Waals surface area contributed by atoms with E-state index in [4.69, 9.17) is 0 Å². The minimum atomic E-state index is -0.881. The number of piperazine rings is 1. The molecule has 6 heteroatoms. The van der Waals surface area contributed by atoms with Crippen molar-refractivity contribution in [3.8, 4) is 0 Å². The van der Waals surface area contributed by atoms with Crippen LogP contribution in [0, 0.1) is 5.92 Å². The molecule has 0 spiro atoms. The van der Waals surface area contributed by atoms with E-state index in [9.17, 15) is 9.59 Å². The fraction of sp³-hybridized carbons (Fsp3) is 0.417. The highest BCUT2D eigenvalue weighted by Crippen LogP contribution is 2.48. The molecule has 3 fully saturated rings. The fourth-order valence-corrected chi connectivity index (χ4v) is 4.78. The monoisotopic (exact) mass is 404 g/mol. The second-order valence-corrected chi connectivity index (χ2v) is 8.63. The highest BCUT2D eigenvalue weighted by molar-refractivity contribution is 6.07. The van der Waals surface area contributed by atoms with Crippen molar-refractivity contribution in [3.63, 3.8) is 0 Å². The van der Waals surface area contributed by atoms with Gasteiger partial charge in [0.25, 0.3) is 5.91 Å². The van der Waals surface area contributed by atoms with Crippen molar-refractivity contribution in [2.75, 3.05) is 32.8 Å². The summed E-state index contributed by atoms with van der Waals surface area (Å²) in [5.74, 6) is 0.108. The van der Waals surface area contributed by atoms with Gasteiger partial charge in [-0.25, -0.2) is 9.69 Å². The Hall–Kier alpha value is -2.70. The molecule has 6 nitrogen and oxygen atoms in total. The number of benzene rings is 2. The van der Waals surface area contributed by atoms with Crippen LogP contribution in [0.25, 0.3) is 0 Å². The van der Waals surface area contributed by atoms with E-state index in [1.54, 1.807) is 0 Å². The zero-order valence-corrected chi connectivity index (χ0v) is 17.2. The second-order valence-electron chi connectivity index (χ2n) is 8.63. The largest absolute Gasteiger partial charge is 0.326 e. The Morgan fingerprint density at radius 1 is 0.833 bits per heavy atom. The minimum absolute atomic E-state index is 0.0899. The summed E-state index contributed by atoms with van der Waals surface area (Å²) in [4.78, 5) is 32.4. The Morgan fingerprint density at radius 3 is 2.07 bits per heavy atom. The second kappa shape index (κ2) is 7.85. The number of imide groups is 1. The molecule has 2 saturated heterocycles. The number of hydrogen-bond acceptors (Lipinski definition) is 4. The molecule has 0 radical (unpaired) electrons. The first kappa shape index (κ1) is 19.3. The third-order valence-corrected chi connectivity index (χ3v) is 6.61. The van der Waals surface area contributed by atoms with Gasteiger partial charge >= 0.3 is 6.03 Å². The molecule has 156 valence electrons. The van der Waals surface area contributed by atoms with Crippen LogP contribution in [-0.2, 0) is 16.9 Å². The number of nitrogens with zero attached hydrogens (tertiary/aromatic N) is 3. The zero-order valence-electron chi connectivity index (χ0n) is 17.2. The van der Waals surface area contributed by atoms with E-state index in [0.717, 1.165) is 51.1 Å². The van der Waals surface area contributed by atoms with E-state index in [0.29, 0.717) is 6.67 Å². The average molecular weight is 405 g/mol. The molecule has 0 bridgehead atoms. The fourth-order valence-electron chi connectivity index (χ4n) is 4.78. The van der Waals surface area contributed by atoms with Crippen molar-refractivity contribution in [2.45, 2.75) is 24.9 Å². The number of rotatable bonds is 6. The maximum absolute atomic E-state index is 13.5. The van der Waals surface area contributed by atoms with Crippen LogP contribution in [0.4, 0.5) is 4.79 Å². The molecule has 2 heterocycles. The molecule has 1 aliphatic carbocycles. The number of carbonyl (C=O) groups is 2. The highest BCUT2D eigenvalue weighted by atomic mass is 16.2. The normalized spacial score (nSPS) is 25.5. The predicted molar refractivity (Wildman–Crippen MR) is 114 cm³/mol. The van der Waals surface area contributed by atoms with Crippen LogP contribution >= 0.6 is 0 Å². The SMILES string of the molecule is O=C1NC(c2ccccc2)(C2CC2)C(=O)N1CN1CCN(Cc2ccccc2)CC1. The minimum Gasteiger partial charge on any atom is -0.319 e. The topological polar surface area (TPSA) is 55.9 Å². The lowest BCUT2D eigenvalue weighted by molar-refractivity contribution is -0.134. The molecule has 3 aliphatic rings. The molecule has 2 aromatic carbocycles. The van der Waals surface area contributed by atoms with Crippen LogP contribution in [0.15, 0.2) is 60.7 Å². The highest BCUT2D eigenvalue weighted by Gasteiger charge is 2.60. The number of hydrogen-bond donors (Lipinski definition) is 1. The van der Waals surface area contributed by atoms with Crippen molar-refractivity contribution in [2.24, 2.45) is 5.92 Å². The Bertz CT molecular complexity index is 907. The average Bonchev–Trinajstić information content (AvgIpc) is 3.60. The van der Waals surface area contributed by atoms with E-state index >= 15 is 0 Å². The van der Waals surface area contributed by atoms with Gasteiger partial charge in [-0.2, -0.15) is 0 Å². The molecule has 2 aromatic rings. The molecule has 0 aromatic heterocycles. The molecule has 1 unspecified atom stereocenters. The Balaban J connectivity index is 1.24. The molecule has 1 N–H and O–H groups in total. The maximum Gasteiger partial charge on any atom is 0.326 e. The standard InChI is InChI=1S/C24H28N4O2/c29-22-24(21-11-12-21,20-9-5-2-6-10-20)25-23(30)28(22)18-27-15-13-26(14-16-27)17-19-7-3-1-4-8-19/h1-10,21H,11-18H2,(H,25,30). The van der Waals surface area contributed by atoms with Crippen LogP contribution in [-0.4, -0.2) is 59.5 Å².